The maximum atomic E-state index is 12.7. The van der Waals surface area contributed by atoms with Crippen molar-refractivity contribution >= 4 is 27.6 Å². The van der Waals surface area contributed by atoms with Crippen LogP contribution in [-0.4, -0.2) is 63.1 Å². The van der Waals surface area contributed by atoms with E-state index in [9.17, 15) is 18.0 Å². The van der Waals surface area contributed by atoms with E-state index >= 15 is 0 Å². The van der Waals surface area contributed by atoms with Gasteiger partial charge in [-0.2, -0.15) is 4.31 Å². The van der Waals surface area contributed by atoms with Gasteiger partial charge in [0, 0.05) is 18.8 Å². The second kappa shape index (κ2) is 10.6. The highest BCUT2D eigenvalue weighted by Gasteiger charge is 2.27. The molecule has 1 heterocycles. The van der Waals surface area contributed by atoms with Gasteiger partial charge in [0.15, 0.2) is 12.2 Å². The first-order valence-corrected chi connectivity index (χ1v) is 11.6. The van der Waals surface area contributed by atoms with Gasteiger partial charge >= 0.3 is 5.97 Å². The Kier molecular flexibility index (Phi) is 7.84. The molecule has 2 aromatic carbocycles. The Morgan fingerprint density at radius 1 is 0.969 bits per heavy atom. The molecule has 0 saturated carbocycles. The van der Waals surface area contributed by atoms with Crippen molar-refractivity contribution in [2.45, 2.75) is 31.0 Å². The lowest BCUT2D eigenvalue weighted by Crippen LogP contribution is -2.40. The number of amides is 1. The van der Waals surface area contributed by atoms with E-state index in [2.05, 4.69) is 5.32 Å². The summed E-state index contributed by atoms with van der Waals surface area (Å²) in [5.74, 6) is -0.710. The number of hydrogen-bond acceptors (Lipinski definition) is 7. The summed E-state index contributed by atoms with van der Waals surface area (Å²) in [5.41, 5.74) is 0.382. The van der Waals surface area contributed by atoms with Crippen LogP contribution in [0.25, 0.3) is 0 Å². The van der Waals surface area contributed by atoms with Crippen molar-refractivity contribution in [2.24, 2.45) is 0 Å². The van der Waals surface area contributed by atoms with E-state index in [1.54, 1.807) is 24.3 Å². The van der Waals surface area contributed by atoms with E-state index in [1.807, 2.05) is 6.07 Å². The smallest absolute Gasteiger partial charge is 0.347 e. The summed E-state index contributed by atoms with van der Waals surface area (Å²) in [4.78, 5) is 24.7. The van der Waals surface area contributed by atoms with Gasteiger partial charge < -0.3 is 19.5 Å². The number of nitrogens with zero attached hydrogens (tertiary/aromatic N) is 1. The molecule has 0 aliphatic carbocycles. The zero-order valence-corrected chi connectivity index (χ0v) is 18.7. The number of hydrogen-bond donors (Lipinski definition) is 1. The largest absolute Gasteiger partial charge is 0.479 e. The normalized spacial score (nSPS) is 16.6. The molecule has 2 unspecified atom stereocenters. The zero-order valence-electron chi connectivity index (χ0n) is 17.9. The summed E-state index contributed by atoms with van der Waals surface area (Å²) in [7, 11) is -3.62. The third-order valence-electron chi connectivity index (χ3n) is 4.78. The molecule has 1 N–H and O–H groups in total. The van der Waals surface area contributed by atoms with Crippen molar-refractivity contribution in [3.05, 3.63) is 54.6 Å². The number of carbonyl (C=O) groups is 2. The van der Waals surface area contributed by atoms with Gasteiger partial charge in [-0.05, 0) is 50.2 Å². The maximum Gasteiger partial charge on any atom is 0.347 e. The highest BCUT2D eigenvalue weighted by atomic mass is 32.2. The van der Waals surface area contributed by atoms with E-state index < -0.39 is 34.1 Å². The van der Waals surface area contributed by atoms with Gasteiger partial charge in [0.25, 0.3) is 5.91 Å². The van der Waals surface area contributed by atoms with E-state index in [1.165, 1.54) is 42.4 Å². The van der Waals surface area contributed by atoms with E-state index in [0.29, 0.717) is 37.7 Å². The van der Waals surface area contributed by atoms with Gasteiger partial charge in [0.05, 0.1) is 18.1 Å². The molecule has 1 amide bonds. The van der Waals surface area contributed by atoms with Crippen LogP contribution in [0.5, 0.6) is 5.75 Å². The van der Waals surface area contributed by atoms with Crippen LogP contribution in [0, 0.1) is 0 Å². The van der Waals surface area contributed by atoms with Crippen LogP contribution in [0.4, 0.5) is 5.69 Å². The van der Waals surface area contributed by atoms with Crippen molar-refractivity contribution in [2.75, 3.05) is 31.6 Å². The van der Waals surface area contributed by atoms with Crippen LogP contribution in [-0.2, 0) is 29.1 Å². The van der Waals surface area contributed by atoms with Crippen LogP contribution in [0.1, 0.15) is 13.8 Å². The number of morpholine rings is 1. The van der Waals surface area contributed by atoms with Crippen LogP contribution in [0.2, 0.25) is 0 Å². The first kappa shape index (κ1) is 23.7. The first-order valence-electron chi connectivity index (χ1n) is 10.2. The van der Waals surface area contributed by atoms with Gasteiger partial charge in [-0.3, -0.25) is 4.79 Å². The Balaban J connectivity index is 1.54. The fraction of sp³-hybridized carbons (Fsp3) is 0.364. The molecule has 2 atom stereocenters. The van der Waals surface area contributed by atoms with Gasteiger partial charge in [0.2, 0.25) is 10.0 Å². The summed E-state index contributed by atoms with van der Waals surface area (Å²) < 4.78 is 42.6. The molecule has 1 aliphatic heterocycles. The molecule has 10 heteroatoms. The molecule has 3 rings (SSSR count). The molecule has 1 fully saturated rings. The Morgan fingerprint density at radius 2 is 1.59 bits per heavy atom. The molecule has 1 saturated heterocycles. The number of anilines is 1. The molecule has 2 aromatic rings. The second-order valence-electron chi connectivity index (χ2n) is 7.18. The van der Waals surface area contributed by atoms with Crippen LogP contribution in [0.15, 0.2) is 59.5 Å². The average molecular weight is 463 g/mol. The van der Waals surface area contributed by atoms with Crippen molar-refractivity contribution in [3.8, 4) is 5.75 Å². The zero-order chi connectivity index (χ0) is 23.1. The molecular formula is C22H26N2O7S. The lowest BCUT2D eigenvalue weighted by atomic mass is 10.3. The Hall–Kier alpha value is -2.95. The molecule has 1 aliphatic rings. The number of nitrogens with one attached hydrogen (secondary N) is 1. The van der Waals surface area contributed by atoms with Crippen molar-refractivity contribution < 1.29 is 32.2 Å². The lowest BCUT2D eigenvalue weighted by Gasteiger charge is -2.26. The van der Waals surface area contributed by atoms with Crippen molar-refractivity contribution in [3.63, 3.8) is 0 Å². The summed E-state index contributed by atoms with van der Waals surface area (Å²) in [6, 6.07) is 14.6. The SMILES string of the molecule is CC(OC(=O)C(C)Oc1ccccc1)C(=O)Nc1ccc(S(=O)(=O)N2CCOCC2)cc1. The number of esters is 1. The van der Waals surface area contributed by atoms with Crippen LogP contribution >= 0.6 is 0 Å². The van der Waals surface area contributed by atoms with E-state index in [0.717, 1.165) is 0 Å². The van der Waals surface area contributed by atoms with Gasteiger partial charge in [0.1, 0.15) is 5.75 Å². The van der Waals surface area contributed by atoms with Crippen LogP contribution < -0.4 is 10.1 Å². The van der Waals surface area contributed by atoms with Gasteiger partial charge in [-0.1, -0.05) is 18.2 Å². The maximum absolute atomic E-state index is 12.7. The van der Waals surface area contributed by atoms with E-state index in [4.69, 9.17) is 14.2 Å². The number of ether oxygens (including phenoxy) is 3. The fourth-order valence-corrected chi connectivity index (χ4v) is 4.37. The van der Waals surface area contributed by atoms with Crippen molar-refractivity contribution in [1.29, 1.82) is 0 Å². The number of rotatable bonds is 8. The quantitative estimate of drug-likeness (QED) is 0.598. The molecule has 0 spiro atoms. The fourth-order valence-electron chi connectivity index (χ4n) is 2.97. The highest BCUT2D eigenvalue weighted by molar-refractivity contribution is 7.89. The lowest BCUT2D eigenvalue weighted by molar-refractivity contribution is -0.159. The summed E-state index contributed by atoms with van der Waals surface area (Å²) >= 11 is 0. The van der Waals surface area contributed by atoms with Crippen LogP contribution in [0.3, 0.4) is 0 Å². The van der Waals surface area contributed by atoms with Gasteiger partial charge in [-0.15, -0.1) is 0 Å². The number of carbonyl (C=O) groups excluding carboxylic acids is 2. The monoisotopic (exact) mass is 462 g/mol. The molecule has 9 nitrogen and oxygen atoms in total. The van der Waals surface area contributed by atoms with Crippen molar-refractivity contribution in [1.82, 2.24) is 4.31 Å². The number of sulfonamides is 1. The minimum Gasteiger partial charge on any atom is -0.479 e. The minimum atomic E-state index is -3.62. The first-order chi connectivity index (χ1) is 15.3. The number of benzene rings is 2. The number of para-hydroxylation sites is 1. The Bertz CT molecular complexity index is 1020. The Morgan fingerprint density at radius 3 is 2.22 bits per heavy atom. The molecule has 0 bridgehead atoms. The third-order valence-corrected chi connectivity index (χ3v) is 6.69. The predicted octanol–water partition coefficient (Wildman–Crippen LogP) is 2.05. The van der Waals surface area contributed by atoms with Gasteiger partial charge in [-0.25, -0.2) is 13.2 Å². The molecule has 32 heavy (non-hydrogen) atoms. The summed E-state index contributed by atoms with van der Waals surface area (Å²) in [6.07, 6.45) is -1.96. The summed E-state index contributed by atoms with van der Waals surface area (Å²) in [6.45, 7) is 4.30. The molecule has 0 radical (unpaired) electrons. The Labute approximate surface area is 187 Å². The predicted molar refractivity (Wildman–Crippen MR) is 117 cm³/mol. The highest BCUT2D eigenvalue weighted by Crippen LogP contribution is 2.20. The molecule has 172 valence electrons. The third kappa shape index (κ3) is 6.06. The standard InChI is InChI=1S/C22H26N2O7S/c1-16(31-22(26)17(2)30-19-6-4-3-5-7-19)21(25)23-18-8-10-20(11-9-18)32(27,28)24-12-14-29-15-13-24/h3-11,16-17H,12-15H2,1-2H3,(H,23,25). The molecular weight excluding hydrogens is 436 g/mol. The minimum absolute atomic E-state index is 0.128. The van der Waals surface area contributed by atoms with E-state index in [-0.39, 0.29) is 4.90 Å². The molecule has 0 aromatic heterocycles. The topological polar surface area (TPSA) is 111 Å². The second-order valence-corrected chi connectivity index (χ2v) is 9.12. The summed E-state index contributed by atoms with van der Waals surface area (Å²) in [5, 5.41) is 2.61. The average Bonchev–Trinajstić information content (AvgIpc) is 2.80.